The molecule has 78 valence electrons. The van der Waals surface area contributed by atoms with E-state index in [0.717, 1.165) is 0 Å². The molecule has 0 aliphatic rings. The normalized spacial score (nSPS) is 12.7. The van der Waals surface area contributed by atoms with Crippen LogP contribution in [-0.4, -0.2) is 30.0 Å². The summed E-state index contributed by atoms with van der Waals surface area (Å²) in [7, 11) is 0. The van der Waals surface area contributed by atoms with Gasteiger partial charge in [-0.2, -0.15) is 0 Å². The number of amides is 1. The molecule has 0 rings (SSSR count). The molecular weight excluding hydrogens is 170 g/mol. The third-order valence-electron chi connectivity index (χ3n) is 1.56. The average molecular weight is 189 g/mol. The van der Waals surface area contributed by atoms with Crippen molar-refractivity contribution < 1.29 is 14.6 Å². The highest BCUT2D eigenvalue weighted by atomic mass is 16.6. The third-order valence-corrected chi connectivity index (χ3v) is 1.56. The number of carbonyl (C=O) groups is 1. The molecule has 4 heteroatoms. The monoisotopic (exact) mass is 189 g/mol. The third kappa shape index (κ3) is 7.59. The van der Waals surface area contributed by atoms with Crippen molar-refractivity contribution in [3.05, 3.63) is 0 Å². The van der Waals surface area contributed by atoms with Crippen LogP contribution in [0, 0.1) is 0 Å². The van der Waals surface area contributed by atoms with Crippen molar-refractivity contribution in [3.63, 3.8) is 0 Å². The van der Waals surface area contributed by atoms with Gasteiger partial charge in [-0.25, -0.2) is 4.79 Å². The van der Waals surface area contributed by atoms with Crippen molar-refractivity contribution in [1.82, 2.24) is 5.32 Å². The van der Waals surface area contributed by atoms with Crippen LogP contribution < -0.4 is 5.32 Å². The molecule has 0 saturated carbocycles. The molecule has 0 bridgehead atoms. The topological polar surface area (TPSA) is 58.6 Å². The van der Waals surface area contributed by atoms with E-state index >= 15 is 0 Å². The Kier molecular flexibility index (Phi) is 6.32. The Morgan fingerprint density at radius 2 is 2.15 bits per heavy atom. The summed E-state index contributed by atoms with van der Waals surface area (Å²) in [5, 5.41) is 11.7. The number of aliphatic hydroxyl groups is 1. The summed E-state index contributed by atoms with van der Waals surface area (Å²) in [6.45, 7) is 5.94. The standard InChI is InChI=1S/C9H19NO3/c1-4-8(11)5-6-10-9(12)13-7(2)3/h7-8,11H,4-6H2,1-3H3,(H,10,12). The van der Waals surface area contributed by atoms with Gasteiger partial charge in [-0.05, 0) is 26.7 Å². The number of aliphatic hydroxyl groups excluding tert-OH is 1. The first kappa shape index (κ1) is 12.2. The summed E-state index contributed by atoms with van der Waals surface area (Å²) >= 11 is 0. The number of hydrogen-bond donors (Lipinski definition) is 2. The molecule has 4 nitrogen and oxygen atoms in total. The molecule has 0 aromatic carbocycles. The minimum atomic E-state index is -0.418. The van der Waals surface area contributed by atoms with Crippen LogP contribution in [0.5, 0.6) is 0 Å². The first-order valence-electron chi connectivity index (χ1n) is 4.68. The maximum Gasteiger partial charge on any atom is 0.407 e. The minimum absolute atomic E-state index is 0.101. The Morgan fingerprint density at radius 3 is 2.62 bits per heavy atom. The first-order chi connectivity index (χ1) is 6.06. The van der Waals surface area contributed by atoms with Gasteiger partial charge in [0.2, 0.25) is 0 Å². The van der Waals surface area contributed by atoms with Crippen molar-refractivity contribution in [2.24, 2.45) is 0 Å². The van der Waals surface area contributed by atoms with Gasteiger partial charge in [0.1, 0.15) is 0 Å². The molecule has 0 radical (unpaired) electrons. The van der Waals surface area contributed by atoms with Gasteiger partial charge in [0.05, 0.1) is 12.2 Å². The highest BCUT2D eigenvalue weighted by Crippen LogP contribution is 1.95. The summed E-state index contributed by atoms with van der Waals surface area (Å²) in [5.74, 6) is 0. The molecular formula is C9H19NO3. The molecule has 0 spiro atoms. The van der Waals surface area contributed by atoms with Crippen molar-refractivity contribution in [2.75, 3.05) is 6.54 Å². The molecule has 1 amide bonds. The quantitative estimate of drug-likeness (QED) is 0.685. The van der Waals surface area contributed by atoms with E-state index in [-0.39, 0.29) is 12.2 Å². The lowest BCUT2D eigenvalue weighted by Gasteiger charge is -2.10. The molecule has 2 N–H and O–H groups in total. The molecule has 0 aliphatic heterocycles. The summed E-state index contributed by atoms with van der Waals surface area (Å²) in [5.41, 5.74) is 0. The second-order valence-electron chi connectivity index (χ2n) is 3.23. The Labute approximate surface area is 79.3 Å². The Bertz CT molecular complexity index is 148. The van der Waals surface area contributed by atoms with Crippen LogP contribution in [0.25, 0.3) is 0 Å². The maximum atomic E-state index is 10.9. The fraction of sp³-hybridized carbons (Fsp3) is 0.889. The predicted molar refractivity (Wildman–Crippen MR) is 50.5 cm³/mol. The Morgan fingerprint density at radius 1 is 1.54 bits per heavy atom. The molecule has 13 heavy (non-hydrogen) atoms. The van der Waals surface area contributed by atoms with Gasteiger partial charge in [0, 0.05) is 6.54 Å². The summed E-state index contributed by atoms with van der Waals surface area (Å²) in [6, 6.07) is 0. The van der Waals surface area contributed by atoms with E-state index in [4.69, 9.17) is 9.84 Å². The van der Waals surface area contributed by atoms with Gasteiger partial charge in [0.15, 0.2) is 0 Å². The summed E-state index contributed by atoms with van der Waals surface area (Å²) in [6.07, 6.45) is 0.429. The number of alkyl carbamates (subject to hydrolysis) is 1. The van der Waals surface area contributed by atoms with Crippen LogP contribution in [0.3, 0.4) is 0 Å². The second-order valence-corrected chi connectivity index (χ2v) is 3.23. The predicted octanol–water partition coefficient (Wildman–Crippen LogP) is 1.28. The number of ether oxygens (including phenoxy) is 1. The van der Waals surface area contributed by atoms with E-state index in [9.17, 15) is 4.79 Å². The van der Waals surface area contributed by atoms with Crippen LogP contribution in [0.1, 0.15) is 33.6 Å². The number of carbonyl (C=O) groups excluding carboxylic acids is 1. The van der Waals surface area contributed by atoms with Gasteiger partial charge in [-0.3, -0.25) is 0 Å². The smallest absolute Gasteiger partial charge is 0.407 e. The zero-order valence-electron chi connectivity index (χ0n) is 8.54. The van der Waals surface area contributed by atoms with E-state index < -0.39 is 6.09 Å². The van der Waals surface area contributed by atoms with Crippen LogP contribution in [0.4, 0.5) is 4.79 Å². The van der Waals surface area contributed by atoms with Crippen LogP contribution >= 0.6 is 0 Å². The molecule has 0 saturated heterocycles. The largest absolute Gasteiger partial charge is 0.447 e. The van der Waals surface area contributed by atoms with E-state index in [1.54, 1.807) is 13.8 Å². The van der Waals surface area contributed by atoms with Gasteiger partial charge in [-0.1, -0.05) is 6.92 Å². The number of hydrogen-bond acceptors (Lipinski definition) is 3. The zero-order chi connectivity index (χ0) is 10.3. The summed E-state index contributed by atoms with van der Waals surface area (Å²) in [4.78, 5) is 10.9. The van der Waals surface area contributed by atoms with E-state index in [2.05, 4.69) is 5.32 Å². The Hall–Kier alpha value is -0.770. The minimum Gasteiger partial charge on any atom is -0.447 e. The second kappa shape index (κ2) is 6.71. The van der Waals surface area contributed by atoms with Crippen LogP contribution in [0.2, 0.25) is 0 Å². The van der Waals surface area contributed by atoms with E-state index in [0.29, 0.717) is 19.4 Å². The lowest BCUT2D eigenvalue weighted by molar-refractivity contribution is 0.112. The van der Waals surface area contributed by atoms with Crippen molar-refractivity contribution in [2.45, 2.75) is 45.8 Å². The van der Waals surface area contributed by atoms with E-state index in [1.165, 1.54) is 0 Å². The number of rotatable bonds is 5. The molecule has 1 unspecified atom stereocenters. The molecule has 0 aromatic heterocycles. The molecule has 0 fully saturated rings. The molecule has 1 atom stereocenters. The zero-order valence-corrected chi connectivity index (χ0v) is 8.54. The van der Waals surface area contributed by atoms with Crippen molar-refractivity contribution >= 4 is 6.09 Å². The highest BCUT2D eigenvalue weighted by Gasteiger charge is 2.05. The molecule has 0 aliphatic carbocycles. The van der Waals surface area contributed by atoms with E-state index in [1.807, 2.05) is 6.92 Å². The van der Waals surface area contributed by atoms with Crippen LogP contribution in [-0.2, 0) is 4.74 Å². The SMILES string of the molecule is CCC(O)CCNC(=O)OC(C)C. The number of nitrogens with one attached hydrogen (secondary N) is 1. The maximum absolute atomic E-state index is 10.9. The van der Waals surface area contributed by atoms with Gasteiger partial charge in [-0.15, -0.1) is 0 Å². The van der Waals surface area contributed by atoms with Gasteiger partial charge < -0.3 is 15.2 Å². The fourth-order valence-corrected chi connectivity index (χ4v) is 0.801. The first-order valence-corrected chi connectivity index (χ1v) is 4.68. The van der Waals surface area contributed by atoms with Crippen LogP contribution in [0.15, 0.2) is 0 Å². The van der Waals surface area contributed by atoms with Crippen molar-refractivity contribution in [3.8, 4) is 0 Å². The van der Waals surface area contributed by atoms with Gasteiger partial charge in [0.25, 0.3) is 0 Å². The van der Waals surface area contributed by atoms with Gasteiger partial charge >= 0.3 is 6.09 Å². The average Bonchev–Trinajstić information content (AvgIpc) is 2.02. The fourth-order valence-electron chi connectivity index (χ4n) is 0.801. The Balaban J connectivity index is 3.37. The lowest BCUT2D eigenvalue weighted by Crippen LogP contribution is -2.29. The molecule has 0 heterocycles. The summed E-state index contributed by atoms with van der Waals surface area (Å²) < 4.78 is 4.83. The lowest BCUT2D eigenvalue weighted by atomic mass is 10.2. The highest BCUT2D eigenvalue weighted by molar-refractivity contribution is 5.67. The van der Waals surface area contributed by atoms with Crippen molar-refractivity contribution in [1.29, 1.82) is 0 Å². The molecule has 0 aromatic rings.